The monoisotopic (exact) mass is 547 g/mol. The third-order valence-electron chi connectivity index (χ3n) is 5.28. The zero-order chi connectivity index (χ0) is 26.7. The first-order chi connectivity index (χ1) is 17.5. The molecule has 6 nitrogen and oxygen atoms in total. The molecule has 0 spiro atoms. The summed E-state index contributed by atoms with van der Waals surface area (Å²) in [5, 5.41) is 7.18. The molecule has 1 aromatic heterocycles. The highest BCUT2D eigenvalue weighted by molar-refractivity contribution is 6.33. The largest absolute Gasteiger partial charge is 0.449 e. The van der Waals surface area contributed by atoms with Gasteiger partial charge in [-0.1, -0.05) is 53.5 Å². The number of para-hydroxylation sites is 1. The summed E-state index contributed by atoms with van der Waals surface area (Å²) in [6, 6.07) is 18.2. The molecule has 0 saturated carbocycles. The van der Waals surface area contributed by atoms with Crippen LogP contribution in [-0.4, -0.2) is 27.8 Å². The molecular weight excluding hydrogens is 530 g/mol. The number of alkyl halides is 3. The predicted molar refractivity (Wildman–Crippen MR) is 134 cm³/mol. The lowest BCUT2D eigenvalue weighted by atomic mass is 10.1. The SMILES string of the molecule is C[C@@H](OC(=O)c1cn(-c2ccccc2)nc1-c1ccc(Cl)cc1)C(=O)Nc1cc(C(F)(F)F)ccc1Cl. The second-order valence-corrected chi connectivity index (χ2v) is 8.75. The second-order valence-electron chi connectivity index (χ2n) is 7.91. The normalized spacial score (nSPS) is 12.2. The van der Waals surface area contributed by atoms with Crippen molar-refractivity contribution in [3.05, 3.63) is 100 Å². The molecule has 4 rings (SSSR count). The van der Waals surface area contributed by atoms with Gasteiger partial charge in [0.2, 0.25) is 0 Å². The van der Waals surface area contributed by atoms with Gasteiger partial charge in [-0.3, -0.25) is 4.79 Å². The van der Waals surface area contributed by atoms with Crippen molar-refractivity contribution >= 4 is 40.8 Å². The fraction of sp³-hybridized carbons (Fsp3) is 0.115. The van der Waals surface area contributed by atoms with Crippen molar-refractivity contribution in [3.8, 4) is 16.9 Å². The molecule has 4 aromatic rings. The van der Waals surface area contributed by atoms with Crippen LogP contribution in [0.15, 0.2) is 79.0 Å². The summed E-state index contributed by atoms with van der Waals surface area (Å²) < 4.78 is 46.0. The van der Waals surface area contributed by atoms with Gasteiger partial charge in [0, 0.05) is 16.8 Å². The smallest absolute Gasteiger partial charge is 0.416 e. The predicted octanol–water partition coefficient (Wildman–Crippen LogP) is 7.05. The Bertz CT molecular complexity index is 1440. The number of esters is 1. The van der Waals surface area contributed by atoms with Gasteiger partial charge in [-0.05, 0) is 49.4 Å². The molecule has 0 fully saturated rings. The van der Waals surface area contributed by atoms with E-state index in [0.717, 1.165) is 12.1 Å². The molecule has 0 bridgehead atoms. The van der Waals surface area contributed by atoms with E-state index in [-0.39, 0.29) is 16.3 Å². The molecule has 1 N–H and O–H groups in total. The minimum Gasteiger partial charge on any atom is -0.449 e. The average Bonchev–Trinajstić information content (AvgIpc) is 3.31. The van der Waals surface area contributed by atoms with Crippen molar-refractivity contribution < 1.29 is 27.5 Å². The lowest BCUT2D eigenvalue weighted by Crippen LogP contribution is -2.30. The fourth-order valence-corrected chi connectivity index (χ4v) is 3.66. The van der Waals surface area contributed by atoms with Crippen molar-refractivity contribution in [2.45, 2.75) is 19.2 Å². The Labute approximate surface area is 219 Å². The molecule has 0 aliphatic heterocycles. The topological polar surface area (TPSA) is 73.2 Å². The Hall–Kier alpha value is -3.82. The van der Waals surface area contributed by atoms with Gasteiger partial charge in [-0.2, -0.15) is 18.3 Å². The Morgan fingerprint density at radius 1 is 1.00 bits per heavy atom. The maximum absolute atomic E-state index is 13.1. The number of benzene rings is 3. The molecule has 0 radical (unpaired) electrons. The third kappa shape index (κ3) is 6.12. The quantitative estimate of drug-likeness (QED) is 0.262. The van der Waals surface area contributed by atoms with Gasteiger partial charge in [-0.15, -0.1) is 0 Å². The van der Waals surface area contributed by atoms with Gasteiger partial charge in [0.25, 0.3) is 5.91 Å². The molecule has 0 unspecified atom stereocenters. The molecule has 0 aliphatic rings. The Morgan fingerprint density at radius 2 is 1.68 bits per heavy atom. The van der Waals surface area contributed by atoms with Gasteiger partial charge in [0.1, 0.15) is 11.3 Å². The number of anilines is 1. The van der Waals surface area contributed by atoms with Crippen LogP contribution in [-0.2, 0) is 15.7 Å². The maximum Gasteiger partial charge on any atom is 0.416 e. The number of halogens is 5. The summed E-state index contributed by atoms with van der Waals surface area (Å²) in [6.07, 6.45) is -4.52. The Kier molecular flexibility index (Phi) is 7.56. The molecule has 0 saturated heterocycles. The maximum atomic E-state index is 13.1. The van der Waals surface area contributed by atoms with Crippen LogP contribution < -0.4 is 5.32 Å². The lowest BCUT2D eigenvalue weighted by molar-refractivity contribution is -0.137. The van der Waals surface area contributed by atoms with E-state index in [1.165, 1.54) is 17.8 Å². The van der Waals surface area contributed by atoms with E-state index in [2.05, 4.69) is 10.4 Å². The summed E-state index contributed by atoms with van der Waals surface area (Å²) in [6.45, 7) is 1.29. The summed E-state index contributed by atoms with van der Waals surface area (Å²) in [7, 11) is 0. The molecule has 11 heteroatoms. The van der Waals surface area contributed by atoms with E-state index >= 15 is 0 Å². The van der Waals surface area contributed by atoms with Crippen LogP contribution in [0.4, 0.5) is 18.9 Å². The van der Waals surface area contributed by atoms with Gasteiger partial charge in [0.05, 0.1) is 22.0 Å². The lowest BCUT2D eigenvalue weighted by Gasteiger charge is -2.15. The van der Waals surface area contributed by atoms with Gasteiger partial charge >= 0.3 is 12.1 Å². The first-order valence-corrected chi connectivity index (χ1v) is 11.6. The molecule has 0 aliphatic carbocycles. The van der Waals surface area contributed by atoms with Crippen molar-refractivity contribution in [2.75, 3.05) is 5.32 Å². The summed E-state index contributed by atoms with van der Waals surface area (Å²) in [4.78, 5) is 25.8. The molecule has 190 valence electrons. The van der Waals surface area contributed by atoms with E-state index < -0.39 is 29.7 Å². The van der Waals surface area contributed by atoms with Crippen LogP contribution in [0.25, 0.3) is 16.9 Å². The number of ether oxygens (including phenoxy) is 1. The van der Waals surface area contributed by atoms with E-state index in [9.17, 15) is 22.8 Å². The highest BCUT2D eigenvalue weighted by atomic mass is 35.5. The number of aromatic nitrogens is 2. The van der Waals surface area contributed by atoms with Gasteiger partial charge in [-0.25, -0.2) is 9.48 Å². The number of hydrogen-bond acceptors (Lipinski definition) is 4. The number of carbonyl (C=O) groups excluding carboxylic acids is 2. The van der Waals surface area contributed by atoms with Crippen LogP contribution in [0.3, 0.4) is 0 Å². The number of rotatable bonds is 6. The molecular formula is C26H18Cl2F3N3O3. The minimum atomic E-state index is -4.63. The van der Waals surface area contributed by atoms with Crippen LogP contribution in [0.1, 0.15) is 22.8 Å². The first kappa shape index (κ1) is 26.2. The Morgan fingerprint density at radius 3 is 2.32 bits per heavy atom. The van der Waals surface area contributed by atoms with Crippen LogP contribution >= 0.6 is 23.2 Å². The third-order valence-corrected chi connectivity index (χ3v) is 5.86. The summed E-state index contributed by atoms with van der Waals surface area (Å²) in [5.74, 6) is -1.72. The number of amides is 1. The molecule has 1 amide bonds. The second kappa shape index (κ2) is 10.7. The van der Waals surface area contributed by atoms with E-state index in [1.54, 1.807) is 36.4 Å². The zero-order valence-electron chi connectivity index (χ0n) is 19.1. The van der Waals surface area contributed by atoms with Crippen molar-refractivity contribution in [2.24, 2.45) is 0 Å². The number of hydrogen-bond donors (Lipinski definition) is 1. The van der Waals surface area contributed by atoms with Gasteiger partial charge < -0.3 is 10.1 Å². The number of nitrogens with zero attached hydrogens (tertiary/aromatic N) is 2. The molecule has 3 aromatic carbocycles. The van der Waals surface area contributed by atoms with E-state index in [4.69, 9.17) is 27.9 Å². The average molecular weight is 548 g/mol. The molecule has 37 heavy (non-hydrogen) atoms. The van der Waals surface area contributed by atoms with Crippen LogP contribution in [0, 0.1) is 0 Å². The number of nitrogens with one attached hydrogen (secondary N) is 1. The fourth-order valence-electron chi connectivity index (χ4n) is 3.37. The Balaban J connectivity index is 1.58. The minimum absolute atomic E-state index is 0.0722. The standard InChI is InChI=1S/C26H18Cl2F3N3O3/c1-15(24(35)32-22-13-17(26(29,30)31)9-12-21(22)28)37-25(36)20-14-34(19-5-3-2-4-6-19)33-23(20)16-7-10-18(27)11-8-16/h2-15H,1H3,(H,32,35)/t15-/m1/s1. The molecule has 1 atom stereocenters. The van der Waals surface area contributed by atoms with Crippen molar-refractivity contribution in [3.63, 3.8) is 0 Å². The highest BCUT2D eigenvalue weighted by Gasteiger charge is 2.31. The molecule has 1 heterocycles. The summed E-state index contributed by atoms with van der Waals surface area (Å²) >= 11 is 11.9. The number of carbonyl (C=O) groups is 2. The van der Waals surface area contributed by atoms with Crippen molar-refractivity contribution in [1.29, 1.82) is 0 Å². The van der Waals surface area contributed by atoms with E-state index in [1.807, 2.05) is 18.2 Å². The van der Waals surface area contributed by atoms with Crippen LogP contribution in [0.2, 0.25) is 10.0 Å². The van der Waals surface area contributed by atoms with Crippen LogP contribution in [0.5, 0.6) is 0 Å². The highest BCUT2D eigenvalue weighted by Crippen LogP contribution is 2.34. The zero-order valence-corrected chi connectivity index (χ0v) is 20.6. The summed E-state index contributed by atoms with van der Waals surface area (Å²) in [5.41, 5.74) is 0.378. The van der Waals surface area contributed by atoms with E-state index in [0.29, 0.717) is 28.0 Å². The first-order valence-electron chi connectivity index (χ1n) is 10.8. The van der Waals surface area contributed by atoms with Gasteiger partial charge in [0.15, 0.2) is 6.10 Å². The van der Waals surface area contributed by atoms with Crippen molar-refractivity contribution in [1.82, 2.24) is 9.78 Å².